The number of carbonyl (C=O) groups is 2. The number of carbonyl (C=O) groups excluding carboxylic acids is 2. The minimum Gasteiger partial charge on any atom is -0.339 e. The van der Waals surface area contributed by atoms with E-state index in [0.29, 0.717) is 31.5 Å². The molecule has 0 saturated carbocycles. The zero-order valence-corrected chi connectivity index (χ0v) is 14.9. The van der Waals surface area contributed by atoms with Crippen molar-refractivity contribution in [1.29, 1.82) is 0 Å². The van der Waals surface area contributed by atoms with E-state index >= 15 is 0 Å². The predicted molar refractivity (Wildman–Crippen MR) is 93.5 cm³/mol. The molecule has 1 amide bonds. The van der Waals surface area contributed by atoms with Gasteiger partial charge in [0, 0.05) is 29.0 Å². The van der Waals surface area contributed by atoms with Crippen molar-refractivity contribution in [3.8, 4) is 0 Å². The number of benzene rings is 2. The van der Waals surface area contributed by atoms with Crippen LogP contribution in [0.3, 0.4) is 0 Å². The van der Waals surface area contributed by atoms with Gasteiger partial charge in [-0.05, 0) is 55.3 Å². The van der Waals surface area contributed by atoms with E-state index in [1.54, 1.807) is 29.2 Å². The summed E-state index contributed by atoms with van der Waals surface area (Å²) < 4.78 is 28.0. The molecule has 3 rings (SSSR count). The number of halogens is 3. The predicted octanol–water partition coefficient (Wildman–Crippen LogP) is 4.46. The van der Waals surface area contributed by atoms with Crippen LogP contribution < -0.4 is 0 Å². The van der Waals surface area contributed by atoms with E-state index in [2.05, 4.69) is 15.9 Å². The van der Waals surface area contributed by atoms with Gasteiger partial charge in [-0.1, -0.05) is 15.9 Å². The summed E-state index contributed by atoms with van der Waals surface area (Å²) in [5.74, 6) is -2.22. The molecule has 0 unspecified atom stereocenters. The van der Waals surface area contributed by atoms with Crippen molar-refractivity contribution in [2.45, 2.75) is 12.8 Å². The van der Waals surface area contributed by atoms with Crippen molar-refractivity contribution in [3.05, 3.63) is 69.7 Å². The van der Waals surface area contributed by atoms with Gasteiger partial charge in [0.1, 0.15) is 11.6 Å². The molecule has 0 aromatic heterocycles. The summed E-state index contributed by atoms with van der Waals surface area (Å²) in [7, 11) is 0. The zero-order chi connectivity index (χ0) is 18.0. The highest BCUT2D eigenvalue weighted by Gasteiger charge is 2.29. The maximum absolute atomic E-state index is 13.8. The fourth-order valence-electron chi connectivity index (χ4n) is 3.03. The molecule has 1 saturated heterocycles. The molecule has 3 nitrogen and oxygen atoms in total. The molecular formula is C19H16BrF2NO2. The summed E-state index contributed by atoms with van der Waals surface area (Å²) in [6.07, 6.45) is 0.883. The Bertz CT molecular complexity index is 800. The molecule has 25 heavy (non-hydrogen) atoms. The molecule has 0 bridgehead atoms. The number of likely N-dealkylation sites (tertiary alicyclic amines) is 1. The molecule has 1 aliphatic heterocycles. The van der Waals surface area contributed by atoms with Crippen LogP contribution in [0.2, 0.25) is 0 Å². The standard InChI is InChI=1S/C19H16BrF2NO2/c20-14-3-1-13(2-4-14)19(25)23-9-7-12(8-10-23)18(24)16-11-15(21)5-6-17(16)22/h1-6,11-12H,7-10H2. The van der Waals surface area contributed by atoms with Crippen molar-refractivity contribution in [3.63, 3.8) is 0 Å². The van der Waals surface area contributed by atoms with E-state index in [0.717, 1.165) is 22.7 Å². The number of rotatable bonds is 3. The number of hydrogen-bond acceptors (Lipinski definition) is 2. The number of piperidine rings is 1. The highest BCUT2D eigenvalue weighted by atomic mass is 79.9. The fraction of sp³-hybridized carbons (Fsp3) is 0.263. The minimum absolute atomic E-state index is 0.0877. The summed E-state index contributed by atoms with van der Waals surface area (Å²) in [6.45, 7) is 0.838. The van der Waals surface area contributed by atoms with Crippen molar-refractivity contribution in [1.82, 2.24) is 4.90 Å². The topological polar surface area (TPSA) is 37.4 Å². The van der Waals surface area contributed by atoms with E-state index in [1.165, 1.54) is 0 Å². The Kier molecular flexibility index (Phi) is 5.27. The van der Waals surface area contributed by atoms with E-state index in [-0.39, 0.29) is 11.5 Å². The van der Waals surface area contributed by atoms with Crippen LogP contribution in [-0.4, -0.2) is 29.7 Å². The van der Waals surface area contributed by atoms with Gasteiger partial charge in [-0.3, -0.25) is 9.59 Å². The lowest BCUT2D eigenvalue weighted by atomic mass is 9.88. The second kappa shape index (κ2) is 7.44. The van der Waals surface area contributed by atoms with Gasteiger partial charge >= 0.3 is 0 Å². The Labute approximate surface area is 152 Å². The molecule has 0 aliphatic carbocycles. The van der Waals surface area contributed by atoms with Crippen LogP contribution in [-0.2, 0) is 0 Å². The van der Waals surface area contributed by atoms with E-state index in [4.69, 9.17) is 0 Å². The van der Waals surface area contributed by atoms with Crippen LogP contribution in [0.1, 0.15) is 33.6 Å². The fourth-order valence-corrected chi connectivity index (χ4v) is 3.29. The summed E-state index contributed by atoms with van der Waals surface area (Å²) in [5, 5.41) is 0. The highest BCUT2D eigenvalue weighted by molar-refractivity contribution is 9.10. The van der Waals surface area contributed by atoms with Crippen LogP contribution in [0.25, 0.3) is 0 Å². The van der Waals surface area contributed by atoms with Crippen LogP contribution >= 0.6 is 15.9 Å². The van der Waals surface area contributed by atoms with Crippen molar-refractivity contribution in [2.24, 2.45) is 5.92 Å². The SMILES string of the molecule is O=C(c1cc(F)ccc1F)C1CCN(C(=O)c2ccc(Br)cc2)CC1. The molecule has 1 aliphatic rings. The second-order valence-corrected chi connectivity index (χ2v) is 6.98. The van der Waals surface area contributed by atoms with Crippen molar-refractivity contribution >= 4 is 27.6 Å². The normalized spacial score (nSPS) is 15.2. The second-order valence-electron chi connectivity index (χ2n) is 6.06. The van der Waals surface area contributed by atoms with Gasteiger partial charge in [0.15, 0.2) is 5.78 Å². The summed E-state index contributed by atoms with van der Waals surface area (Å²) in [4.78, 5) is 26.6. The van der Waals surface area contributed by atoms with E-state index < -0.39 is 23.3 Å². The molecule has 0 spiro atoms. The van der Waals surface area contributed by atoms with Crippen molar-refractivity contribution < 1.29 is 18.4 Å². The average molecular weight is 408 g/mol. The van der Waals surface area contributed by atoms with Crippen LogP contribution in [0.4, 0.5) is 8.78 Å². The smallest absolute Gasteiger partial charge is 0.253 e. The molecule has 0 atom stereocenters. The molecule has 0 N–H and O–H groups in total. The summed E-state index contributed by atoms with van der Waals surface area (Å²) >= 11 is 3.33. The Morgan fingerprint density at radius 3 is 2.28 bits per heavy atom. The molecule has 130 valence electrons. The Balaban J connectivity index is 1.65. The highest BCUT2D eigenvalue weighted by Crippen LogP contribution is 2.25. The lowest BCUT2D eigenvalue weighted by molar-refractivity contribution is 0.0649. The Morgan fingerprint density at radius 1 is 1.00 bits per heavy atom. The van der Waals surface area contributed by atoms with E-state index in [1.807, 2.05) is 0 Å². The van der Waals surface area contributed by atoms with Crippen LogP contribution in [0.5, 0.6) is 0 Å². The Morgan fingerprint density at radius 2 is 1.64 bits per heavy atom. The first kappa shape index (κ1) is 17.7. The van der Waals surface area contributed by atoms with E-state index in [9.17, 15) is 18.4 Å². The number of nitrogens with zero attached hydrogens (tertiary/aromatic N) is 1. The molecular weight excluding hydrogens is 392 g/mol. The lowest BCUT2D eigenvalue weighted by Crippen LogP contribution is -2.40. The maximum Gasteiger partial charge on any atom is 0.253 e. The third-order valence-electron chi connectivity index (χ3n) is 4.44. The molecule has 0 radical (unpaired) electrons. The monoisotopic (exact) mass is 407 g/mol. The summed E-state index contributed by atoms with van der Waals surface area (Å²) in [5.41, 5.74) is 0.377. The van der Waals surface area contributed by atoms with Gasteiger partial charge in [-0.15, -0.1) is 0 Å². The Hall–Kier alpha value is -2.08. The first-order valence-corrected chi connectivity index (χ1v) is 8.79. The van der Waals surface area contributed by atoms with Gasteiger partial charge < -0.3 is 4.90 Å². The number of Topliss-reactive ketones (excluding diaryl/α,β-unsaturated/α-hetero) is 1. The summed E-state index contributed by atoms with van der Waals surface area (Å²) in [6, 6.07) is 9.99. The minimum atomic E-state index is -0.709. The molecule has 2 aromatic carbocycles. The molecule has 1 fully saturated rings. The first-order valence-electron chi connectivity index (χ1n) is 8.00. The third-order valence-corrected chi connectivity index (χ3v) is 4.97. The third kappa shape index (κ3) is 3.95. The van der Waals surface area contributed by atoms with Gasteiger partial charge in [0.2, 0.25) is 0 Å². The molecule has 6 heteroatoms. The number of amides is 1. The van der Waals surface area contributed by atoms with Gasteiger partial charge in [-0.25, -0.2) is 8.78 Å². The van der Waals surface area contributed by atoms with Gasteiger partial charge in [0.05, 0.1) is 5.56 Å². The van der Waals surface area contributed by atoms with Crippen LogP contribution in [0, 0.1) is 17.6 Å². The van der Waals surface area contributed by atoms with Crippen LogP contribution in [0.15, 0.2) is 46.9 Å². The molecule has 1 heterocycles. The lowest BCUT2D eigenvalue weighted by Gasteiger charge is -2.31. The zero-order valence-electron chi connectivity index (χ0n) is 13.3. The van der Waals surface area contributed by atoms with Crippen molar-refractivity contribution in [2.75, 3.05) is 13.1 Å². The number of hydrogen-bond donors (Lipinski definition) is 0. The molecule has 2 aromatic rings. The largest absolute Gasteiger partial charge is 0.339 e. The number of ketones is 1. The average Bonchev–Trinajstić information content (AvgIpc) is 2.63. The maximum atomic E-state index is 13.8. The van der Waals surface area contributed by atoms with Gasteiger partial charge in [0.25, 0.3) is 5.91 Å². The quantitative estimate of drug-likeness (QED) is 0.704. The van der Waals surface area contributed by atoms with Gasteiger partial charge in [-0.2, -0.15) is 0 Å². The first-order chi connectivity index (χ1) is 12.0.